The predicted octanol–water partition coefficient (Wildman–Crippen LogP) is 2.92. The van der Waals surface area contributed by atoms with E-state index in [1.54, 1.807) is 12.1 Å². The fourth-order valence-electron chi connectivity index (χ4n) is 1.29. The lowest BCUT2D eigenvalue weighted by atomic mass is 10.3. The minimum absolute atomic E-state index is 0.0623. The second kappa shape index (κ2) is 5.22. The average Bonchev–Trinajstić information content (AvgIpc) is 2.35. The molecule has 8 heteroatoms. The second-order valence-electron chi connectivity index (χ2n) is 3.52. The molecule has 2 rings (SSSR count). The normalized spacial score (nSPS) is 11.3. The minimum atomic E-state index is -4.02. The number of sulfonamides is 1. The number of nitrogens with one attached hydrogen (secondary N) is 1. The molecule has 0 saturated heterocycles. The lowest BCUT2D eigenvalue weighted by Crippen LogP contribution is -2.14. The number of pyridine rings is 1. The van der Waals surface area contributed by atoms with Crippen LogP contribution in [-0.2, 0) is 10.0 Å². The molecule has 4 nitrogen and oxygen atoms in total. The topological polar surface area (TPSA) is 59.1 Å². The van der Waals surface area contributed by atoms with Gasteiger partial charge in [-0.05, 0) is 46.3 Å². The van der Waals surface area contributed by atoms with Gasteiger partial charge < -0.3 is 0 Å². The molecule has 0 fully saturated rings. The summed E-state index contributed by atoms with van der Waals surface area (Å²) in [6.07, 6.45) is 1.40. The number of benzene rings is 1. The number of anilines is 1. The van der Waals surface area contributed by atoms with Crippen molar-refractivity contribution in [1.82, 2.24) is 4.98 Å². The quantitative estimate of drug-likeness (QED) is 0.927. The Morgan fingerprint density at radius 1 is 1.16 bits per heavy atom. The molecule has 0 radical (unpaired) electrons. The lowest BCUT2D eigenvalue weighted by molar-refractivity contribution is 0.504. The van der Waals surface area contributed by atoms with E-state index in [1.165, 1.54) is 6.20 Å². The monoisotopic (exact) mass is 348 g/mol. The van der Waals surface area contributed by atoms with Crippen molar-refractivity contribution in [2.75, 3.05) is 4.72 Å². The Balaban J connectivity index is 2.38. The van der Waals surface area contributed by atoms with Crippen molar-refractivity contribution in [1.29, 1.82) is 0 Å². The molecular formula is C11H7BrF2N2O2S. The van der Waals surface area contributed by atoms with Crippen LogP contribution in [-0.4, -0.2) is 13.4 Å². The van der Waals surface area contributed by atoms with Crippen LogP contribution in [0.3, 0.4) is 0 Å². The van der Waals surface area contributed by atoms with E-state index >= 15 is 0 Å². The van der Waals surface area contributed by atoms with Gasteiger partial charge in [0.25, 0.3) is 10.0 Å². The first-order chi connectivity index (χ1) is 8.90. The molecule has 0 spiro atoms. The molecule has 0 aliphatic carbocycles. The van der Waals surface area contributed by atoms with Gasteiger partial charge in [0.05, 0.1) is 9.37 Å². The van der Waals surface area contributed by atoms with E-state index in [1.807, 2.05) is 0 Å². The average molecular weight is 349 g/mol. The third-order valence-corrected chi connectivity index (χ3v) is 4.17. The van der Waals surface area contributed by atoms with E-state index < -0.39 is 21.7 Å². The van der Waals surface area contributed by atoms with Gasteiger partial charge in [-0.25, -0.2) is 22.2 Å². The minimum Gasteiger partial charge on any atom is -0.262 e. The zero-order chi connectivity index (χ0) is 14.0. The smallest absolute Gasteiger partial charge is 0.262 e. The molecule has 0 bridgehead atoms. The molecule has 1 aromatic carbocycles. The molecule has 0 atom stereocenters. The highest BCUT2D eigenvalue weighted by atomic mass is 79.9. The molecule has 1 N–H and O–H groups in total. The van der Waals surface area contributed by atoms with Gasteiger partial charge in [-0.1, -0.05) is 0 Å². The summed E-state index contributed by atoms with van der Waals surface area (Å²) in [5.41, 5.74) is 0. The van der Waals surface area contributed by atoms with Crippen molar-refractivity contribution in [3.63, 3.8) is 0 Å². The Morgan fingerprint density at radius 3 is 2.53 bits per heavy atom. The molecule has 1 heterocycles. The Bertz CT molecular complexity index is 722. The van der Waals surface area contributed by atoms with Crippen molar-refractivity contribution in [3.8, 4) is 0 Å². The summed E-state index contributed by atoms with van der Waals surface area (Å²) < 4.78 is 52.3. The van der Waals surface area contributed by atoms with Gasteiger partial charge in [-0.3, -0.25) is 4.72 Å². The van der Waals surface area contributed by atoms with Gasteiger partial charge in [-0.2, -0.15) is 0 Å². The van der Waals surface area contributed by atoms with Crippen LogP contribution in [0.1, 0.15) is 0 Å². The standard InChI is InChI=1S/C11H7BrF2N2O2S/c12-8-2-1-5-15-11(8)16-19(17,18)7-3-4-9(13)10(14)6-7/h1-6H,(H,15,16). The zero-order valence-electron chi connectivity index (χ0n) is 9.27. The number of hydrogen-bond donors (Lipinski definition) is 1. The van der Waals surface area contributed by atoms with E-state index in [9.17, 15) is 17.2 Å². The lowest BCUT2D eigenvalue weighted by Gasteiger charge is -2.08. The maximum atomic E-state index is 13.0. The van der Waals surface area contributed by atoms with Crippen molar-refractivity contribution < 1.29 is 17.2 Å². The van der Waals surface area contributed by atoms with Crippen LogP contribution in [0.2, 0.25) is 0 Å². The molecular weight excluding hydrogens is 342 g/mol. The summed E-state index contributed by atoms with van der Waals surface area (Å²) in [7, 11) is -4.02. The number of rotatable bonds is 3. The molecule has 0 saturated carbocycles. The SMILES string of the molecule is O=S(=O)(Nc1ncccc1Br)c1ccc(F)c(F)c1. The first-order valence-corrected chi connectivity index (χ1v) is 7.26. The van der Waals surface area contributed by atoms with Crippen molar-refractivity contribution in [2.45, 2.75) is 4.90 Å². The summed E-state index contributed by atoms with van der Waals surface area (Å²) in [6, 6.07) is 5.53. The molecule has 0 unspecified atom stereocenters. The number of aromatic nitrogens is 1. The van der Waals surface area contributed by atoms with Crippen LogP contribution in [0.4, 0.5) is 14.6 Å². The van der Waals surface area contributed by atoms with Gasteiger partial charge >= 0.3 is 0 Å². The van der Waals surface area contributed by atoms with Crippen LogP contribution in [0.5, 0.6) is 0 Å². The number of hydrogen-bond acceptors (Lipinski definition) is 3. The van der Waals surface area contributed by atoms with Gasteiger partial charge in [-0.15, -0.1) is 0 Å². The van der Waals surface area contributed by atoms with E-state index in [0.29, 0.717) is 10.5 Å². The van der Waals surface area contributed by atoms with Crippen LogP contribution in [0.25, 0.3) is 0 Å². The largest absolute Gasteiger partial charge is 0.263 e. The first kappa shape index (κ1) is 13.9. The molecule has 100 valence electrons. The van der Waals surface area contributed by atoms with Gasteiger partial charge in [0, 0.05) is 6.20 Å². The van der Waals surface area contributed by atoms with E-state index in [-0.39, 0.29) is 10.7 Å². The van der Waals surface area contributed by atoms with Crippen LogP contribution in [0.15, 0.2) is 45.9 Å². The van der Waals surface area contributed by atoms with Crippen molar-refractivity contribution in [2.24, 2.45) is 0 Å². The maximum Gasteiger partial charge on any atom is 0.263 e. The fourth-order valence-corrected chi connectivity index (χ4v) is 2.82. The highest BCUT2D eigenvalue weighted by Gasteiger charge is 2.18. The Kier molecular flexibility index (Phi) is 3.81. The van der Waals surface area contributed by atoms with Crippen LogP contribution in [0, 0.1) is 11.6 Å². The third kappa shape index (κ3) is 3.07. The summed E-state index contributed by atoms with van der Waals surface area (Å²) >= 11 is 3.12. The van der Waals surface area contributed by atoms with Gasteiger partial charge in [0.2, 0.25) is 0 Å². The fraction of sp³-hybridized carbons (Fsp3) is 0. The molecule has 1 aromatic heterocycles. The van der Waals surface area contributed by atoms with E-state index in [0.717, 1.165) is 12.1 Å². The molecule has 19 heavy (non-hydrogen) atoms. The summed E-state index contributed by atoms with van der Waals surface area (Å²) in [5.74, 6) is -2.28. The number of halogens is 3. The van der Waals surface area contributed by atoms with Gasteiger partial charge in [0.15, 0.2) is 17.5 Å². The number of nitrogens with zero attached hydrogens (tertiary/aromatic N) is 1. The zero-order valence-corrected chi connectivity index (χ0v) is 11.7. The highest BCUT2D eigenvalue weighted by molar-refractivity contribution is 9.10. The second-order valence-corrected chi connectivity index (χ2v) is 6.05. The predicted molar refractivity (Wildman–Crippen MR) is 69.1 cm³/mol. The first-order valence-electron chi connectivity index (χ1n) is 4.98. The molecule has 0 aliphatic heterocycles. The summed E-state index contributed by atoms with van der Waals surface area (Å²) in [5, 5.41) is 0. The molecule has 0 aliphatic rings. The van der Waals surface area contributed by atoms with Crippen molar-refractivity contribution >= 4 is 31.8 Å². The highest BCUT2D eigenvalue weighted by Crippen LogP contribution is 2.22. The van der Waals surface area contributed by atoms with Crippen molar-refractivity contribution in [3.05, 3.63) is 52.6 Å². The summed E-state index contributed by atoms with van der Waals surface area (Å²) in [6.45, 7) is 0. The Hall–Kier alpha value is -1.54. The van der Waals surface area contributed by atoms with Gasteiger partial charge in [0.1, 0.15) is 0 Å². The Labute approximate surface area is 116 Å². The summed E-state index contributed by atoms with van der Waals surface area (Å²) in [4.78, 5) is 3.44. The van der Waals surface area contributed by atoms with Crippen LogP contribution >= 0.6 is 15.9 Å². The Morgan fingerprint density at radius 2 is 1.89 bits per heavy atom. The van der Waals surface area contributed by atoms with E-state index in [4.69, 9.17) is 0 Å². The molecule has 2 aromatic rings. The third-order valence-electron chi connectivity index (χ3n) is 2.19. The van der Waals surface area contributed by atoms with E-state index in [2.05, 4.69) is 25.6 Å². The molecule has 0 amide bonds. The maximum absolute atomic E-state index is 13.0. The van der Waals surface area contributed by atoms with Crippen LogP contribution < -0.4 is 4.72 Å².